The summed E-state index contributed by atoms with van der Waals surface area (Å²) >= 11 is 3.34. The van der Waals surface area contributed by atoms with Crippen molar-refractivity contribution in [3.05, 3.63) is 94.0 Å². The van der Waals surface area contributed by atoms with Gasteiger partial charge in [-0.1, -0.05) is 90.4 Å². The Morgan fingerprint density at radius 2 is 1.54 bits per heavy atom. The van der Waals surface area contributed by atoms with E-state index < -0.39 is 17.9 Å². The Hall–Kier alpha value is -3.65. The Kier molecular flexibility index (Phi) is 9.03. The summed E-state index contributed by atoms with van der Waals surface area (Å²) in [5.41, 5.74) is 4.49. The van der Waals surface area contributed by atoms with Crippen molar-refractivity contribution in [1.29, 1.82) is 0 Å². The van der Waals surface area contributed by atoms with Crippen LogP contribution < -0.4 is 15.5 Å². The van der Waals surface area contributed by atoms with Gasteiger partial charge in [-0.3, -0.25) is 9.59 Å². The lowest BCUT2D eigenvalue weighted by Gasteiger charge is -2.24. The highest BCUT2D eigenvalue weighted by Gasteiger charge is 2.29. The maximum absolute atomic E-state index is 13.4. The van der Waals surface area contributed by atoms with Crippen LogP contribution in [0.3, 0.4) is 0 Å². The smallest absolute Gasteiger partial charge is 0.262 e. The summed E-state index contributed by atoms with van der Waals surface area (Å²) in [7, 11) is 1.44. The van der Waals surface area contributed by atoms with E-state index in [2.05, 4.69) is 31.8 Å². The lowest BCUT2D eigenvalue weighted by Crippen LogP contribution is -2.50. The van der Waals surface area contributed by atoms with Gasteiger partial charge < -0.3 is 15.2 Å². The van der Waals surface area contributed by atoms with Gasteiger partial charge in [0.2, 0.25) is 5.91 Å². The highest BCUT2D eigenvalue weighted by Crippen LogP contribution is 2.32. The van der Waals surface area contributed by atoms with E-state index in [9.17, 15) is 14.7 Å². The predicted molar refractivity (Wildman–Crippen MR) is 140 cm³/mol. The predicted octanol–water partition coefficient (Wildman–Crippen LogP) is 4.59. The van der Waals surface area contributed by atoms with Gasteiger partial charge in [-0.15, -0.1) is 0 Å². The fraction of sp³-hybridized carbons (Fsp3) is 0.222. The Labute approximate surface area is 213 Å². The van der Waals surface area contributed by atoms with Crippen LogP contribution in [0, 0.1) is 5.92 Å². The number of hydrogen-bond donors (Lipinski definition) is 3. The third kappa shape index (κ3) is 6.70. The first-order chi connectivity index (χ1) is 16.8. The van der Waals surface area contributed by atoms with E-state index in [1.165, 1.54) is 13.3 Å². The van der Waals surface area contributed by atoms with Crippen LogP contribution in [0.1, 0.15) is 36.5 Å². The Morgan fingerprint density at radius 1 is 0.971 bits per heavy atom. The molecule has 0 saturated heterocycles. The molecule has 3 aromatic carbocycles. The molecule has 0 spiro atoms. The van der Waals surface area contributed by atoms with Crippen molar-refractivity contribution in [3.8, 4) is 11.5 Å². The molecule has 35 heavy (non-hydrogen) atoms. The van der Waals surface area contributed by atoms with Crippen LogP contribution in [-0.4, -0.2) is 36.3 Å². The first kappa shape index (κ1) is 26.0. The minimum absolute atomic E-state index is 0.101. The van der Waals surface area contributed by atoms with Gasteiger partial charge in [0.05, 0.1) is 19.2 Å². The summed E-state index contributed by atoms with van der Waals surface area (Å²) in [6.45, 7) is 3.69. The van der Waals surface area contributed by atoms with Crippen molar-refractivity contribution in [1.82, 2.24) is 10.7 Å². The molecule has 0 aliphatic carbocycles. The van der Waals surface area contributed by atoms with E-state index in [4.69, 9.17) is 4.74 Å². The number of methoxy groups -OCH3 is 1. The van der Waals surface area contributed by atoms with Gasteiger partial charge in [0, 0.05) is 10.0 Å². The summed E-state index contributed by atoms with van der Waals surface area (Å²) in [4.78, 5) is 26.4. The first-order valence-corrected chi connectivity index (χ1v) is 11.9. The quantitative estimate of drug-likeness (QED) is 0.274. The molecule has 2 amide bonds. The molecular formula is C27H28BrN3O4. The zero-order chi connectivity index (χ0) is 25.4. The third-order valence-corrected chi connectivity index (χ3v) is 5.90. The van der Waals surface area contributed by atoms with Gasteiger partial charge in [-0.2, -0.15) is 5.10 Å². The van der Waals surface area contributed by atoms with E-state index in [1.54, 1.807) is 12.1 Å². The second-order valence-electron chi connectivity index (χ2n) is 8.26. The molecule has 7 nitrogen and oxygen atoms in total. The molecular weight excluding hydrogens is 510 g/mol. The van der Waals surface area contributed by atoms with Crippen molar-refractivity contribution < 1.29 is 19.4 Å². The molecule has 3 aromatic rings. The van der Waals surface area contributed by atoms with Gasteiger partial charge in [-0.05, 0) is 29.2 Å². The van der Waals surface area contributed by atoms with Crippen LogP contribution in [0.4, 0.5) is 0 Å². The number of hydrazone groups is 1. The second kappa shape index (κ2) is 12.2. The average Bonchev–Trinajstić information content (AvgIpc) is 2.85. The van der Waals surface area contributed by atoms with Crippen molar-refractivity contribution in [2.75, 3.05) is 7.11 Å². The molecule has 0 aliphatic rings. The lowest BCUT2D eigenvalue weighted by molar-refractivity contribution is -0.130. The number of carbonyl (C=O) groups excluding carboxylic acids is 2. The Morgan fingerprint density at radius 3 is 2.06 bits per heavy atom. The standard InChI is InChI=1S/C27H28BrN3O4/c1-17(2)24(27(34)31-29-16-20-14-21(28)15-22(35-3)25(20)32)30-26(33)23(18-10-6-4-7-11-18)19-12-8-5-9-13-19/h4-17,23-24,32H,1-3H3,(H,30,33)(H,31,34)/b29-16-/t24-/m0/s1. The van der Waals surface area contributed by atoms with Gasteiger partial charge in [0.1, 0.15) is 6.04 Å². The van der Waals surface area contributed by atoms with Gasteiger partial charge >= 0.3 is 0 Å². The third-order valence-electron chi connectivity index (χ3n) is 5.44. The molecule has 1 atom stereocenters. The number of aromatic hydroxyl groups is 1. The summed E-state index contributed by atoms with van der Waals surface area (Å²) in [5, 5.41) is 17.1. The van der Waals surface area contributed by atoms with Gasteiger partial charge in [0.15, 0.2) is 11.5 Å². The molecule has 3 N–H and O–H groups in total. The number of rotatable bonds is 9. The minimum atomic E-state index is -0.819. The molecule has 0 bridgehead atoms. The van der Waals surface area contributed by atoms with E-state index >= 15 is 0 Å². The Balaban J connectivity index is 1.78. The molecule has 0 heterocycles. The number of phenolic OH excluding ortho intramolecular Hbond substituents is 1. The number of benzene rings is 3. The number of phenols is 1. The van der Waals surface area contributed by atoms with Crippen molar-refractivity contribution in [2.45, 2.75) is 25.8 Å². The van der Waals surface area contributed by atoms with Crippen molar-refractivity contribution in [2.24, 2.45) is 11.0 Å². The maximum Gasteiger partial charge on any atom is 0.262 e. The summed E-state index contributed by atoms with van der Waals surface area (Å²) in [6.07, 6.45) is 1.32. The normalized spacial score (nSPS) is 12.1. The number of ether oxygens (including phenoxy) is 1. The van der Waals surface area contributed by atoms with E-state index in [0.29, 0.717) is 10.0 Å². The van der Waals surface area contributed by atoms with Crippen LogP contribution in [0.15, 0.2) is 82.4 Å². The maximum atomic E-state index is 13.4. The molecule has 0 unspecified atom stereocenters. The highest BCUT2D eigenvalue weighted by molar-refractivity contribution is 9.10. The van der Waals surface area contributed by atoms with Crippen LogP contribution in [0.2, 0.25) is 0 Å². The molecule has 3 rings (SSSR count). The molecule has 0 radical (unpaired) electrons. The fourth-order valence-corrected chi connectivity index (χ4v) is 4.10. The monoisotopic (exact) mass is 537 g/mol. The number of nitrogens with one attached hydrogen (secondary N) is 2. The zero-order valence-corrected chi connectivity index (χ0v) is 21.3. The molecule has 0 aliphatic heterocycles. The fourth-order valence-electron chi connectivity index (χ4n) is 3.64. The number of nitrogens with zero attached hydrogens (tertiary/aromatic N) is 1. The largest absolute Gasteiger partial charge is 0.504 e. The SMILES string of the molecule is COc1cc(Br)cc(/C=N\NC(=O)[C@@H](NC(=O)C(c2ccccc2)c2ccccc2)C(C)C)c1O. The van der Waals surface area contributed by atoms with E-state index in [1.807, 2.05) is 74.5 Å². The molecule has 182 valence electrons. The van der Waals surface area contributed by atoms with E-state index in [0.717, 1.165) is 11.1 Å². The van der Waals surface area contributed by atoms with Crippen LogP contribution in [-0.2, 0) is 9.59 Å². The van der Waals surface area contributed by atoms with Crippen molar-refractivity contribution in [3.63, 3.8) is 0 Å². The molecule has 0 aromatic heterocycles. The zero-order valence-electron chi connectivity index (χ0n) is 19.7. The number of halogens is 1. The summed E-state index contributed by atoms with van der Waals surface area (Å²) in [6, 6.07) is 21.3. The number of amides is 2. The van der Waals surface area contributed by atoms with Gasteiger partial charge in [0.25, 0.3) is 5.91 Å². The summed E-state index contributed by atoms with van der Waals surface area (Å²) < 4.78 is 5.81. The van der Waals surface area contributed by atoms with Crippen LogP contribution in [0.5, 0.6) is 11.5 Å². The van der Waals surface area contributed by atoms with E-state index in [-0.39, 0.29) is 23.3 Å². The molecule has 0 fully saturated rings. The van der Waals surface area contributed by atoms with Crippen LogP contribution >= 0.6 is 15.9 Å². The highest BCUT2D eigenvalue weighted by atomic mass is 79.9. The lowest BCUT2D eigenvalue weighted by atomic mass is 9.89. The average molecular weight is 538 g/mol. The number of carbonyl (C=O) groups is 2. The molecule has 8 heteroatoms. The van der Waals surface area contributed by atoms with Crippen molar-refractivity contribution >= 4 is 34.0 Å². The molecule has 0 saturated carbocycles. The Bertz CT molecular complexity index is 1140. The second-order valence-corrected chi connectivity index (χ2v) is 9.18. The minimum Gasteiger partial charge on any atom is -0.504 e. The topological polar surface area (TPSA) is 100 Å². The van der Waals surface area contributed by atoms with Crippen LogP contribution in [0.25, 0.3) is 0 Å². The summed E-state index contributed by atoms with van der Waals surface area (Å²) in [5.74, 6) is -1.34. The van der Waals surface area contributed by atoms with Gasteiger partial charge in [-0.25, -0.2) is 5.43 Å². The number of hydrogen-bond acceptors (Lipinski definition) is 5. The first-order valence-electron chi connectivity index (χ1n) is 11.1.